The topological polar surface area (TPSA) is 47.6 Å². The zero-order valence-corrected chi connectivity index (χ0v) is 15.5. The average Bonchev–Trinajstić information content (AvgIpc) is 2.52. The lowest BCUT2D eigenvalue weighted by Gasteiger charge is -2.11. The lowest BCUT2D eigenvalue weighted by Crippen LogP contribution is -2.20. The molecular formula is C21H27NO3. The Morgan fingerprint density at radius 1 is 1.00 bits per heavy atom. The summed E-state index contributed by atoms with van der Waals surface area (Å²) in [6.45, 7) is 8.98. The Hall–Kier alpha value is -2.49. The first kappa shape index (κ1) is 18.8. The second-order valence-electron chi connectivity index (χ2n) is 6.72. The van der Waals surface area contributed by atoms with Gasteiger partial charge in [0.1, 0.15) is 11.5 Å². The number of carbonyl (C=O) groups is 1. The van der Waals surface area contributed by atoms with Gasteiger partial charge in [-0.25, -0.2) is 0 Å². The predicted molar refractivity (Wildman–Crippen MR) is 101 cm³/mol. The van der Waals surface area contributed by atoms with Crippen LogP contribution in [0.15, 0.2) is 42.5 Å². The van der Waals surface area contributed by atoms with Crippen LogP contribution in [-0.4, -0.2) is 19.1 Å². The minimum atomic E-state index is -0.196. The molecule has 0 spiro atoms. The van der Waals surface area contributed by atoms with Gasteiger partial charge in [0.15, 0.2) is 6.61 Å². The molecular weight excluding hydrogens is 314 g/mol. The Balaban J connectivity index is 1.85. The summed E-state index contributed by atoms with van der Waals surface area (Å²) >= 11 is 0. The number of hydrogen-bond acceptors (Lipinski definition) is 3. The molecule has 1 amide bonds. The normalized spacial score (nSPS) is 10.6. The molecule has 1 N–H and O–H groups in total. The summed E-state index contributed by atoms with van der Waals surface area (Å²) in [7, 11) is 0. The van der Waals surface area contributed by atoms with Crippen molar-refractivity contribution < 1.29 is 14.3 Å². The standard InChI is InChI=1S/C21H27NO3/c1-15(2)8-9-24-19-7-5-6-18(13-19)22-21(23)14-25-20-11-16(3)10-17(4)12-20/h5-7,10-13,15H,8-9,14H2,1-4H3,(H,22,23). The number of aryl methyl sites for hydroxylation is 2. The number of nitrogens with one attached hydrogen (secondary N) is 1. The second-order valence-corrected chi connectivity index (χ2v) is 6.72. The van der Waals surface area contributed by atoms with E-state index >= 15 is 0 Å². The van der Waals surface area contributed by atoms with E-state index in [-0.39, 0.29) is 12.5 Å². The van der Waals surface area contributed by atoms with E-state index in [0.29, 0.717) is 24.0 Å². The predicted octanol–water partition coefficient (Wildman–Crippen LogP) is 4.75. The van der Waals surface area contributed by atoms with Crippen molar-refractivity contribution in [2.45, 2.75) is 34.1 Å². The van der Waals surface area contributed by atoms with Crippen LogP contribution in [0.4, 0.5) is 5.69 Å². The number of hydrogen-bond donors (Lipinski definition) is 1. The molecule has 0 aromatic heterocycles. The molecule has 0 fully saturated rings. The number of carbonyl (C=O) groups excluding carboxylic acids is 1. The third-order valence-electron chi connectivity index (χ3n) is 3.65. The van der Waals surface area contributed by atoms with Gasteiger partial charge in [-0.3, -0.25) is 4.79 Å². The maximum Gasteiger partial charge on any atom is 0.262 e. The van der Waals surface area contributed by atoms with Gasteiger partial charge in [-0.1, -0.05) is 26.0 Å². The van der Waals surface area contributed by atoms with Gasteiger partial charge in [-0.2, -0.15) is 0 Å². The Kier molecular flexibility index (Phi) is 6.87. The molecule has 4 heteroatoms. The van der Waals surface area contributed by atoms with E-state index in [9.17, 15) is 4.79 Å². The van der Waals surface area contributed by atoms with Crippen molar-refractivity contribution in [1.82, 2.24) is 0 Å². The van der Waals surface area contributed by atoms with E-state index in [1.807, 2.05) is 50.2 Å². The van der Waals surface area contributed by atoms with Gasteiger partial charge in [-0.15, -0.1) is 0 Å². The van der Waals surface area contributed by atoms with Crippen LogP contribution < -0.4 is 14.8 Å². The second kappa shape index (κ2) is 9.11. The van der Waals surface area contributed by atoms with E-state index in [4.69, 9.17) is 9.47 Å². The van der Waals surface area contributed by atoms with E-state index in [2.05, 4.69) is 25.2 Å². The summed E-state index contributed by atoms with van der Waals surface area (Å²) in [6.07, 6.45) is 1.00. The molecule has 0 atom stereocenters. The average molecular weight is 341 g/mol. The van der Waals surface area contributed by atoms with E-state index in [1.165, 1.54) is 0 Å². The molecule has 0 aliphatic heterocycles. The number of amides is 1. The fourth-order valence-corrected chi connectivity index (χ4v) is 2.44. The Morgan fingerprint density at radius 3 is 2.40 bits per heavy atom. The monoisotopic (exact) mass is 341 g/mol. The summed E-state index contributed by atoms with van der Waals surface area (Å²) in [5.41, 5.74) is 2.93. The molecule has 2 aromatic rings. The highest BCUT2D eigenvalue weighted by Gasteiger charge is 2.06. The van der Waals surface area contributed by atoms with Gasteiger partial charge < -0.3 is 14.8 Å². The van der Waals surface area contributed by atoms with Crippen molar-refractivity contribution in [2.75, 3.05) is 18.5 Å². The van der Waals surface area contributed by atoms with Gasteiger partial charge in [0.2, 0.25) is 0 Å². The van der Waals surface area contributed by atoms with E-state index in [0.717, 1.165) is 23.3 Å². The molecule has 0 saturated carbocycles. The Labute approximate surface area is 150 Å². The first-order chi connectivity index (χ1) is 11.9. The molecule has 0 unspecified atom stereocenters. The summed E-state index contributed by atoms with van der Waals surface area (Å²) in [4.78, 5) is 12.1. The largest absolute Gasteiger partial charge is 0.494 e. The molecule has 0 saturated heterocycles. The van der Waals surface area contributed by atoms with Crippen LogP contribution in [0.3, 0.4) is 0 Å². The molecule has 0 aliphatic carbocycles. The minimum absolute atomic E-state index is 0.0265. The zero-order chi connectivity index (χ0) is 18.2. The summed E-state index contributed by atoms with van der Waals surface area (Å²) in [5.74, 6) is 1.87. The molecule has 2 aromatic carbocycles. The van der Waals surface area contributed by atoms with E-state index < -0.39 is 0 Å². The van der Waals surface area contributed by atoms with Crippen LogP contribution in [0, 0.1) is 19.8 Å². The molecule has 2 rings (SSSR count). The minimum Gasteiger partial charge on any atom is -0.494 e. The lowest BCUT2D eigenvalue weighted by molar-refractivity contribution is -0.118. The van der Waals surface area contributed by atoms with Crippen molar-refractivity contribution in [3.8, 4) is 11.5 Å². The quantitative estimate of drug-likeness (QED) is 0.754. The first-order valence-electron chi connectivity index (χ1n) is 8.66. The van der Waals surface area contributed by atoms with Crippen LogP contribution in [0.5, 0.6) is 11.5 Å². The SMILES string of the molecule is Cc1cc(C)cc(OCC(=O)Nc2cccc(OCCC(C)C)c2)c1. The molecule has 0 bridgehead atoms. The fraction of sp³-hybridized carbons (Fsp3) is 0.381. The third kappa shape index (κ3) is 6.87. The maximum atomic E-state index is 12.1. The molecule has 0 aliphatic rings. The van der Waals surface area contributed by atoms with Crippen LogP contribution in [0.2, 0.25) is 0 Å². The van der Waals surface area contributed by atoms with Gasteiger partial charge in [0, 0.05) is 11.8 Å². The Bertz CT molecular complexity index is 690. The van der Waals surface area contributed by atoms with E-state index in [1.54, 1.807) is 0 Å². The molecule has 25 heavy (non-hydrogen) atoms. The lowest BCUT2D eigenvalue weighted by atomic mass is 10.1. The smallest absolute Gasteiger partial charge is 0.262 e. The van der Waals surface area contributed by atoms with Crippen molar-refractivity contribution in [1.29, 1.82) is 0 Å². The first-order valence-corrected chi connectivity index (χ1v) is 8.66. The van der Waals surface area contributed by atoms with Gasteiger partial charge in [-0.05, 0) is 61.6 Å². The van der Waals surface area contributed by atoms with Crippen molar-refractivity contribution >= 4 is 11.6 Å². The number of anilines is 1. The molecule has 134 valence electrons. The Morgan fingerprint density at radius 2 is 1.72 bits per heavy atom. The van der Waals surface area contributed by atoms with Crippen LogP contribution >= 0.6 is 0 Å². The molecule has 4 nitrogen and oxygen atoms in total. The van der Waals surface area contributed by atoms with Crippen molar-refractivity contribution in [2.24, 2.45) is 5.92 Å². The van der Waals surface area contributed by atoms with Crippen LogP contribution in [0.25, 0.3) is 0 Å². The van der Waals surface area contributed by atoms with Crippen molar-refractivity contribution in [3.63, 3.8) is 0 Å². The number of benzene rings is 2. The number of rotatable bonds is 8. The summed E-state index contributed by atoms with van der Waals surface area (Å²) < 4.78 is 11.3. The highest BCUT2D eigenvalue weighted by atomic mass is 16.5. The number of ether oxygens (including phenoxy) is 2. The van der Waals surface area contributed by atoms with Crippen LogP contribution in [0.1, 0.15) is 31.4 Å². The van der Waals surface area contributed by atoms with Gasteiger partial charge >= 0.3 is 0 Å². The molecule has 0 heterocycles. The van der Waals surface area contributed by atoms with Crippen LogP contribution in [-0.2, 0) is 4.79 Å². The summed E-state index contributed by atoms with van der Waals surface area (Å²) in [5, 5.41) is 2.84. The van der Waals surface area contributed by atoms with Crippen molar-refractivity contribution in [3.05, 3.63) is 53.6 Å². The third-order valence-corrected chi connectivity index (χ3v) is 3.65. The highest BCUT2D eigenvalue weighted by molar-refractivity contribution is 5.92. The zero-order valence-electron chi connectivity index (χ0n) is 15.5. The highest BCUT2D eigenvalue weighted by Crippen LogP contribution is 2.19. The summed E-state index contributed by atoms with van der Waals surface area (Å²) in [6, 6.07) is 13.3. The van der Waals surface area contributed by atoms with Gasteiger partial charge in [0.05, 0.1) is 6.61 Å². The maximum absolute atomic E-state index is 12.1. The fourth-order valence-electron chi connectivity index (χ4n) is 2.44. The van der Waals surface area contributed by atoms with Gasteiger partial charge in [0.25, 0.3) is 5.91 Å². The molecule has 0 radical (unpaired) electrons.